The number of aliphatic hydroxyl groups is 1. The molecule has 0 unspecified atom stereocenters. The van der Waals surface area contributed by atoms with E-state index in [1.165, 1.54) is 0 Å². The van der Waals surface area contributed by atoms with E-state index in [-0.39, 0.29) is 12.0 Å². The highest BCUT2D eigenvalue weighted by molar-refractivity contribution is 5.95. The van der Waals surface area contributed by atoms with Crippen LogP contribution in [0.25, 0.3) is 0 Å². The predicted octanol–water partition coefficient (Wildman–Crippen LogP) is 1.38. The summed E-state index contributed by atoms with van der Waals surface area (Å²) in [5.74, 6) is 1.40. The number of rotatable bonds is 4. The lowest BCUT2D eigenvalue weighted by Crippen LogP contribution is -2.50. The SMILES string of the molecule is CC[C@H](O)CN1CCN(C(=O)c2ccc3c(c2)OCCCO3)CC1. The van der Waals surface area contributed by atoms with Crippen LogP contribution < -0.4 is 9.47 Å². The van der Waals surface area contributed by atoms with E-state index in [9.17, 15) is 9.90 Å². The average Bonchev–Trinajstić information content (AvgIpc) is 2.86. The maximum atomic E-state index is 12.7. The number of aliphatic hydroxyl groups excluding tert-OH is 1. The number of β-amino-alcohol motifs (C(OH)–C–C–N with tert-alkyl or cyclic N) is 1. The minimum Gasteiger partial charge on any atom is -0.490 e. The first-order chi connectivity index (χ1) is 11.7. The number of nitrogens with zero attached hydrogens (tertiary/aromatic N) is 2. The molecule has 1 atom stereocenters. The van der Waals surface area contributed by atoms with Crippen LogP contribution in [-0.2, 0) is 0 Å². The highest BCUT2D eigenvalue weighted by Gasteiger charge is 2.24. The second kappa shape index (κ2) is 7.85. The second-order valence-electron chi connectivity index (χ2n) is 6.37. The van der Waals surface area contributed by atoms with E-state index >= 15 is 0 Å². The first-order valence-corrected chi connectivity index (χ1v) is 8.76. The summed E-state index contributed by atoms with van der Waals surface area (Å²) in [4.78, 5) is 16.8. The summed E-state index contributed by atoms with van der Waals surface area (Å²) in [6.45, 7) is 6.89. The molecule has 6 heteroatoms. The summed E-state index contributed by atoms with van der Waals surface area (Å²) >= 11 is 0. The first-order valence-electron chi connectivity index (χ1n) is 8.76. The monoisotopic (exact) mass is 334 g/mol. The standard InChI is InChI=1S/C18H26N2O4/c1-2-15(21)13-19-6-8-20(9-7-19)18(22)14-4-5-16-17(12-14)24-11-3-10-23-16/h4-5,12,15,21H,2-3,6-11,13H2,1H3/t15-/m0/s1. The average molecular weight is 334 g/mol. The summed E-state index contributed by atoms with van der Waals surface area (Å²) < 4.78 is 11.3. The molecule has 1 amide bonds. The zero-order valence-corrected chi connectivity index (χ0v) is 14.2. The van der Waals surface area contributed by atoms with E-state index in [0.29, 0.717) is 49.9 Å². The normalized spacial score (nSPS) is 19.7. The molecule has 0 spiro atoms. The van der Waals surface area contributed by atoms with Gasteiger partial charge in [0.1, 0.15) is 0 Å². The van der Waals surface area contributed by atoms with E-state index in [0.717, 1.165) is 25.9 Å². The molecular formula is C18H26N2O4. The predicted molar refractivity (Wildman–Crippen MR) is 90.7 cm³/mol. The molecule has 1 N–H and O–H groups in total. The maximum Gasteiger partial charge on any atom is 0.254 e. The molecule has 3 rings (SSSR count). The third-order valence-corrected chi connectivity index (χ3v) is 4.59. The maximum absolute atomic E-state index is 12.7. The van der Waals surface area contributed by atoms with Gasteiger partial charge in [-0.15, -0.1) is 0 Å². The number of carbonyl (C=O) groups excluding carboxylic acids is 1. The van der Waals surface area contributed by atoms with Crippen LogP contribution in [0, 0.1) is 0 Å². The van der Waals surface area contributed by atoms with Crippen molar-refractivity contribution in [2.45, 2.75) is 25.9 Å². The molecule has 2 heterocycles. The van der Waals surface area contributed by atoms with Gasteiger partial charge in [0.15, 0.2) is 11.5 Å². The van der Waals surface area contributed by atoms with Crippen LogP contribution in [0.1, 0.15) is 30.1 Å². The number of carbonyl (C=O) groups is 1. The largest absolute Gasteiger partial charge is 0.490 e. The van der Waals surface area contributed by atoms with Crippen LogP contribution in [0.5, 0.6) is 11.5 Å². The number of amides is 1. The molecular weight excluding hydrogens is 308 g/mol. The quantitative estimate of drug-likeness (QED) is 0.901. The third-order valence-electron chi connectivity index (χ3n) is 4.59. The molecule has 1 aromatic carbocycles. The van der Waals surface area contributed by atoms with Crippen molar-refractivity contribution in [2.75, 3.05) is 45.9 Å². The lowest BCUT2D eigenvalue weighted by molar-refractivity contribution is 0.0523. The van der Waals surface area contributed by atoms with Gasteiger partial charge >= 0.3 is 0 Å². The summed E-state index contributed by atoms with van der Waals surface area (Å²) in [5.41, 5.74) is 0.640. The molecule has 1 aromatic rings. The molecule has 0 aromatic heterocycles. The molecule has 2 aliphatic heterocycles. The molecule has 0 aliphatic carbocycles. The zero-order chi connectivity index (χ0) is 16.9. The summed E-state index contributed by atoms with van der Waals surface area (Å²) in [6.07, 6.45) is 1.33. The summed E-state index contributed by atoms with van der Waals surface area (Å²) in [5, 5.41) is 9.75. The van der Waals surface area contributed by atoms with Gasteiger partial charge in [0, 0.05) is 44.7 Å². The molecule has 132 valence electrons. The van der Waals surface area contributed by atoms with Crippen molar-refractivity contribution in [2.24, 2.45) is 0 Å². The van der Waals surface area contributed by atoms with Crippen molar-refractivity contribution < 1.29 is 19.4 Å². The number of hydrogen-bond donors (Lipinski definition) is 1. The van der Waals surface area contributed by atoms with Crippen LogP contribution >= 0.6 is 0 Å². The number of hydrogen-bond acceptors (Lipinski definition) is 5. The van der Waals surface area contributed by atoms with Crippen molar-refractivity contribution in [1.29, 1.82) is 0 Å². The Morgan fingerprint density at radius 2 is 1.88 bits per heavy atom. The smallest absolute Gasteiger partial charge is 0.254 e. The lowest BCUT2D eigenvalue weighted by Gasteiger charge is -2.35. The van der Waals surface area contributed by atoms with Gasteiger partial charge in [-0.1, -0.05) is 6.92 Å². The molecule has 24 heavy (non-hydrogen) atoms. The fourth-order valence-electron chi connectivity index (χ4n) is 3.04. The van der Waals surface area contributed by atoms with Gasteiger partial charge in [-0.25, -0.2) is 0 Å². The fraction of sp³-hybridized carbons (Fsp3) is 0.611. The fourth-order valence-corrected chi connectivity index (χ4v) is 3.04. The van der Waals surface area contributed by atoms with Gasteiger partial charge in [0.05, 0.1) is 19.3 Å². The number of ether oxygens (including phenoxy) is 2. The Balaban J connectivity index is 1.60. The van der Waals surface area contributed by atoms with Crippen LogP contribution in [0.2, 0.25) is 0 Å². The lowest BCUT2D eigenvalue weighted by atomic mass is 10.1. The molecule has 1 saturated heterocycles. The topological polar surface area (TPSA) is 62.2 Å². The molecule has 1 fully saturated rings. The number of fused-ring (bicyclic) bond motifs is 1. The van der Waals surface area contributed by atoms with Crippen molar-refractivity contribution in [3.63, 3.8) is 0 Å². The minimum atomic E-state index is -0.283. The van der Waals surface area contributed by atoms with Crippen LogP contribution in [0.15, 0.2) is 18.2 Å². The van der Waals surface area contributed by atoms with E-state index in [1.54, 1.807) is 6.07 Å². The Hall–Kier alpha value is -1.79. The van der Waals surface area contributed by atoms with Gasteiger partial charge in [-0.05, 0) is 24.6 Å². The highest BCUT2D eigenvalue weighted by atomic mass is 16.5. The Morgan fingerprint density at radius 3 is 2.58 bits per heavy atom. The summed E-state index contributed by atoms with van der Waals surface area (Å²) in [7, 11) is 0. The van der Waals surface area contributed by atoms with Crippen molar-refractivity contribution in [3.8, 4) is 11.5 Å². The highest BCUT2D eigenvalue weighted by Crippen LogP contribution is 2.30. The van der Waals surface area contributed by atoms with E-state index in [2.05, 4.69) is 4.90 Å². The van der Waals surface area contributed by atoms with Gasteiger partial charge in [0.25, 0.3) is 5.91 Å². The Kier molecular flexibility index (Phi) is 5.58. The van der Waals surface area contributed by atoms with E-state index in [1.807, 2.05) is 24.0 Å². The Morgan fingerprint density at radius 1 is 1.17 bits per heavy atom. The number of piperazine rings is 1. The summed E-state index contributed by atoms with van der Waals surface area (Å²) in [6, 6.07) is 5.42. The number of benzene rings is 1. The molecule has 0 radical (unpaired) electrons. The molecule has 0 bridgehead atoms. The zero-order valence-electron chi connectivity index (χ0n) is 14.2. The van der Waals surface area contributed by atoms with E-state index in [4.69, 9.17) is 9.47 Å². The third kappa shape index (κ3) is 3.99. The molecule has 0 saturated carbocycles. The van der Waals surface area contributed by atoms with Crippen molar-refractivity contribution in [1.82, 2.24) is 9.80 Å². The Labute approximate surface area is 143 Å². The van der Waals surface area contributed by atoms with Gasteiger partial charge in [-0.3, -0.25) is 9.69 Å². The van der Waals surface area contributed by atoms with Gasteiger partial charge in [0.2, 0.25) is 0 Å². The first kappa shape index (κ1) is 17.0. The second-order valence-corrected chi connectivity index (χ2v) is 6.37. The van der Waals surface area contributed by atoms with Crippen LogP contribution in [-0.4, -0.2) is 72.9 Å². The molecule has 6 nitrogen and oxygen atoms in total. The van der Waals surface area contributed by atoms with Crippen LogP contribution in [0.4, 0.5) is 0 Å². The Bertz CT molecular complexity index is 570. The van der Waals surface area contributed by atoms with Gasteiger partial charge in [-0.2, -0.15) is 0 Å². The molecule has 2 aliphatic rings. The van der Waals surface area contributed by atoms with Crippen molar-refractivity contribution in [3.05, 3.63) is 23.8 Å². The van der Waals surface area contributed by atoms with Gasteiger partial charge < -0.3 is 19.5 Å². The van der Waals surface area contributed by atoms with Crippen molar-refractivity contribution >= 4 is 5.91 Å². The van der Waals surface area contributed by atoms with E-state index < -0.39 is 0 Å². The minimum absolute atomic E-state index is 0.0290. The van der Waals surface area contributed by atoms with Crippen LogP contribution in [0.3, 0.4) is 0 Å².